The number of nitrogens with zero attached hydrogens (tertiary/aromatic N) is 1. The van der Waals surface area contributed by atoms with Crippen molar-refractivity contribution in [2.24, 2.45) is 0 Å². The highest BCUT2D eigenvalue weighted by Gasteiger charge is 2.30. The van der Waals surface area contributed by atoms with Gasteiger partial charge in [-0.25, -0.2) is 0 Å². The van der Waals surface area contributed by atoms with E-state index in [-0.39, 0.29) is 11.9 Å². The maximum absolute atomic E-state index is 12.7. The molecule has 28 heavy (non-hydrogen) atoms. The molecular formula is C21H22ClN3O2S. The van der Waals surface area contributed by atoms with Gasteiger partial charge in [-0.15, -0.1) is 0 Å². The Morgan fingerprint density at radius 1 is 1.14 bits per heavy atom. The lowest BCUT2D eigenvalue weighted by Gasteiger charge is -2.31. The summed E-state index contributed by atoms with van der Waals surface area (Å²) in [5.41, 5.74) is 3.38. The maximum atomic E-state index is 12.7. The Bertz CT molecular complexity index is 908. The third-order valence-electron chi connectivity index (χ3n) is 4.44. The van der Waals surface area contributed by atoms with Gasteiger partial charge in [-0.05, 0) is 54.5 Å². The molecule has 0 saturated heterocycles. The summed E-state index contributed by atoms with van der Waals surface area (Å²) in [7, 11) is 3.47. The van der Waals surface area contributed by atoms with Crippen LogP contribution < -0.4 is 15.4 Å². The van der Waals surface area contributed by atoms with Crippen LogP contribution >= 0.6 is 23.8 Å². The highest BCUT2D eigenvalue weighted by atomic mass is 35.5. The maximum Gasteiger partial charge on any atom is 0.253 e. The zero-order valence-electron chi connectivity index (χ0n) is 16.0. The van der Waals surface area contributed by atoms with Crippen molar-refractivity contribution in [3.63, 3.8) is 0 Å². The lowest BCUT2D eigenvalue weighted by Crippen LogP contribution is -2.46. The lowest BCUT2D eigenvalue weighted by molar-refractivity contribution is -0.125. The summed E-state index contributed by atoms with van der Waals surface area (Å²) in [5.74, 6) is 0.685. The molecule has 0 spiro atoms. The summed E-state index contributed by atoms with van der Waals surface area (Å²) in [6, 6.07) is 14.9. The average Bonchev–Trinajstić information content (AvgIpc) is 2.67. The summed E-state index contributed by atoms with van der Waals surface area (Å²) in [4.78, 5) is 14.2. The van der Waals surface area contributed by atoms with Gasteiger partial charge in [0.1, 0.15) is 12.4 Å². The van der Waals surface area contributed by atoms with Crippen LogP contribution in [-0.4, -0.2) is 30.0 Å². The Kier molecular flexibility index (Phi) is 6.21. The first-order valence-corrected chi connectivity index (χ1v) is 9.61. The van der Waals surface area contributed by atoms with Gasteiger partial charge in [0.25, 0.3) is 5.91 Å². The Labute approximate surface area is 175 Å². The van der Waals surface area contributed by atoms with Gasteiger partial charge in [0, 0.05) is 24.8 Å². The van der Waals surface area contributed by atoms with Gasteiger partial charge in [-0.1, -0.05) is 35.9 Å². The highest BCUT2D eigenvalue weighted by Crippen LogP contribution is 2.29. The number of likely N-dealkylation sites (N-methyl/N-ethyl adjacent to an activating group) is 1. The van der Waals surface area contributed by atoms with Crippen LogP contribution in [0.15, 0.2) is 59.8 Å². The zero-order chi connectivity index (χ0) is 20.3. The van der Waals surface area contributed by atoms with E-state index in [1.807, 2.05) is 55.5 Å². The van der Waals surface area contributed by atoms with Gasteiger partial charge in [0.2, 0.25) is 0 Å². The van der Waals surface area contributed by atoms with E-state index in [0.717, 1.165) is 22.6 Å². The number of hydrogen-bond donors (Lipinski definition) is 2. The van der Waals surface area contributed by atoms with Crippen LogP contribution in [0, 0.1) is 0 Å². The topological polar surface area (TPSA) is 53.6 Å². The Hall–Kier alpha value is -2.57. The smallest absolute Gasteiger partial charge is 0.253 e. The third kappa shape index (κ3) is 4.64. The van der Waals surface area contributed by atoms with E-state index in [2.05, 4.69) is 10.6 Å². The molecular weight excluding hydrogens is 394 g/mol. The molecule has 2 aromatic carbocycles. The van der Waals surface area contributed by atoms with Crippen molar-refractivity contribution in [1.29, 1.82) is 0 Å². The van der Waals surface area contributed by atoms with Gasteiger partial charge in [0.05, 0.1) is 11.6 Å². The number of carbonyl (C=O) groups excluding carboxylic acids is 1. The van der Waals surface area contributed by atoms with Crippen LogP contribution in [-0.2, 0) is 11.4 Å². The monoisotopic (exact) mass is 415 g/mol. The second kappa shape index (κ2) is 8.63. The van der Waals surface area contributed by atoms with Crippen molar-refractivity contribution in [3.8, 4) is 5.75 Å². The SMILES string of the molecule is CC1=C(C(=O)N(C)C)[C@H](c2ccc(OCc3ccc(Cl)cc3)cc2)NC(=S)N1. The second-order valence-corrected chi connectivity index (χ2v) is 7.60. The normalized spacial score (nSPS) is 16.3. The standard InChI is InChI=1S/C21H22ClN3O2S/c1-13-18(20(26)25(2)3)19(24-21(28)23-13)15-6-10-17(11-7-15)27-12-14-4-8-16(22)9-5-14/h4-11,19H,12H2,1-3H3,(H2,23,24,28)/t19-/m0/s1. The van der Waals surface area contributed by atoms with Gasteiger partial charge in [0.15, 0.2) is 5.11 Å². The van der Waals surface area contributed by atoms with E-state index in [4.69, 9.17) is 28.6 Å². The first kappa shape index (κ1) is 20.2. The van der Waals surface area contributed by atoms with Crippen LogP contribution in [0.4, 0.5) is 0 Å². The summed E-state index contributed by atoms with van der Waals surface area (Å²) in [6.45, 7) is 2.32. The third-order valence-corrected chi connectivity index (χ3v) is 4.91. The molecule has 7 heteroatoms. The molecule has 1 aliphatic heterocycles. The van der Waals surface area contributed by atoms with E-state index in [9.17, 15) is 4.79 Å². The molecule has 0 unspecified atom stereocenters. The van der Waals surface area contributed by atoms with Crippen molar-refractivity contribution < 1.29 is 9.53 Å². The molecule has 0 fully saturated rings. The number of benzene rings is 2. The van der Waals surface area contributed by atoms with Crippen molar-refractivity contribution in [3.05, 3.63) is 76.0 Å². The summed E-state index contributed by atoms with van der Waals surface area (Å²) < 4.78 is 5.84. The first-order chi connectivity index (χ1) is 13.3. The Morgan fingerprint density at radius 3 is 2.39 bits per heavy atom. The quantitative estimate of drug-likeness (QED) is 0.727. The van der Waals surface area contributed by atoms with Crippen LogP contribution in [0.1, 0.15) is 24.1 Å². The predicted molar refractivity (Wildman–Crippen MR) is 115 cm³/mol. The molecule has 1 amide bonds. The van der Waals surface area contributed by atoms with Crippen molar-refractivity contribution in [2.75, 3.05) is 14.1 Å². The predicted octanol–water partition coefficient (Wildman–Crippen LogP) is 3.80. The Morgan fingerprint density at radius 2 is 1.79 bits per heavy atom. The molecule has 2 N–H and O–H groups in total. The van der Waals surface area contributed by atoms with Crippen LogP contribution in [0.2, 0.25) is 5.02 Å². The van der Waals surface area contributed by atoms with Crippen LogP contribution in [0.5, 0.6) is 5.75 Å². The number of hydrogen-bond acceptors (Lipinski definition) is 3. The number of nitrogens with one attached hydrogen (secondary N) is 2. The Balaban J connectivity index is 1.77. The number of ether oxygens (including phenoxy) is 1. The number of amides is 1. The van der Waals surface area contributed by atoms with E-state index in [1.54, 1.807) is 19.0 Å². The average molecular weight is 416 g/mol. The summed E-state index contributed by atoms with van der Waals surface area (Å²) in [6.07, 6.45) is 0. The van der Waals surface area contributed by atoms with E-state index in [1.165, 1.54) is 0 Å². The van der Waals surface area contributed by atoms with Crippen molar-refractivity contribution in [2.45, 2.75) is 19.6 Å². The van der Waals surface area contributed by atoms with Crippen molar-refractivity contribution >= 4 is 34.8 Å². The van der Waals surface area contributed by atoms with Crippen LogP contribution in [0.3, 0.4) is 0 Å². The molecule has 0 radical (unpaired) electrons. The van der Waals surface area contributed by atoms with E-state index < -0.39 is 0 Å². The number of rotatable bonds is 5. The molecule has 2 aromatic rings. The molecule has 3 rings (SSSR count). The highest BCUT2D eigenvalue weighted by molar-refractivity contribution is 7.80. The molecule has 0 aliphatic carbocycles. The number of allylic oxidation sites excluding steroid dienone is 1. The minimum atomic E-state index is -0.311. The molecule has 1 atom stereocenters. The molecule has 5 nitrogen and oxygen atoms in total. The number of carbonyl (C=O) groups is 1. The summed E-state index contributed by atoms with van der Waals surface area (Å²) in [5, 5.41) is 7.43. The number of halogens is 1. The minimum Gasteiger partial charge on any atom is -0.489 e. The first-order valence-electron chi connectivity index (χ1n) is 8.82. The zero-order valence-corrected chi connectivity index (χ0v) is 17.5. The molecule has 1 aliphatic rings. The molecule has 1 heterocycles. The van der Waals surface area contributed by atoms with E-state index in [0.29, 0.717) is 22.3 Å². The second-order valence-electron chi connectivity index (χ2n) is 6.75. The fourth-order valence-corrected chi connectivity index (χ4v) is 3.37. The molecule has 0 saturated carbocycles. The fourth-order valence-electron chi connectivity index (χ4n) is 2.97. The van der Waals surface area contributed by atoms with Gasteiger partial charge >= 0.3 is 0 Å². The summed E-state index contributed by atoms with van der Waals surface area (Å²) >= 11 is 11.2. The molecule has 146 valence electrons. The number of thiocarbonyl (C=S) groups is 1. The largest absolute Gasteiger partial charge is 0.489 e. The van der Waals surface area contributed by atoms with E-state index >= 15 is 0 Å². The van der Waals surface area contributed by atoms with Crippen molar-refractivity contribution in [1.82, 2.24) is 15.5 Å². The van der Waals surface area contributed by atoms with Crippen LogP contribution in [0.25, 0.3) is 0 Å². The molecule has 0 bridgehead atoms. The lowest BCUT2D eigenvalue weighted by atomic mass is 9.94. The fraction of sp³-hybridized carbons (Fsp3) is 0.238. The minimum absolute atomic E-state index is 0.0620. The van der Waals surface area contributed by atoms with Gasteiger partial charge in [-0.3, -0.25) is 4.79 Å². The van der Waals surface area contributed by atoms with Gasteiger partial charge in [-0.2, -0.15) is 0 Å². The molecule has 0 aromatic heterocycles. The van der Waals surface area contributed by atoms with Gasteiger partial charge < -0.3 is 20.3 Å².